The van der Waals surface area contributed by atoms with Gasteiger partial charge in [0.05, 0.1) is 11.0 Å². The molecule has 2 atom stereocenters. The predicted octanol–water partition coefficient (Wildman–Crippen LogP) is 2.89. The van der Waals surface area contributed by atoms with Crippen molar-refractivity contribution in [1.82, 2.24) is 0 Å². The highest BCUT2D eigenvalue weighted by Crippen LogP contribution is 2.48. The van der Waals surface area contributed by atoms with Gasteiger partial charge in [-0.25, -0.2) is 4.58 Å². The summed E-state index contributed by atoms with van der Waals surface area (Å²) in [6.07, 6.45) is 0.0201. The molecule has 1 fully saturated rings. The summed E-state index contributed by atoms with van der Waals surface area (Å²) in [6, 6.07) is 4.02. The molecule has 0 spiro atoms. The summed E-state index contributed by atoms with van der Waals surface area (Å²) in [4.78, 5) is 12.9. The van der Waals surface area contributed by atoms with Crippen LogP contribution in [0.4, 0.5) is 0 Å². The number of fused-ring (bicyclic) bond motifs is 6. The van der Waals surface area contributed by atoms with Crippen molar-refractivity contribution in [3.05, 3.63) is 29.0 Å². The number of hydrogen-bond donors (Lipinski definition) is 0. The van der Waals surface area contributed by atoms with Gasteiger partial charge in [-0.2, -0.15) is 0 Å². The predicted molar refractivity (Wildman–Crippen MR) is 109 cm³/mol. The van der Waals surface area contributed by atoms with Crippen LogP contribution in [0, 0.1) is 5.41 Å². The van der Waals surface area contributed by atoms with Gasteiger partial charge in [0.1, 0.15) is 13.6 Å². The molecular weight excluding hydrogens is 386 g/mol. The molecule has 0 saturated carbocycles. The topological polar surface area (TPSA) is 66.2 Å². The van der Waals surface area contributed by atoms with Crippen LogP contribution in [0.25, 0.3) is 5.57 Å². The van der Waals surface area contributed by atoms with E-state index in [1.165, 1.54) is 0 Å². The van der Waals surface area contributed by atoms with E-state index in [0.717, 1.165) is 41.1 Å². The third-order valence-electron chi connectivity index (χ3n) is 5.94. The SMILES string of the molecule is C[N+]1=C2C(=C(OC(=O)C(C)(C)C)[C@H]3OC(C)(C)O[C@@H]23)c2cc3c(cc2CC1)OCO3. The van der Waals surface area contributed by atoms with E-state index >= 15 is 0 Å². The van der Waals surface area contributed by atoms with Crippen LogP contribution >= 0.6 is 0 Å². The second-order valence-corrected chi connectivity index (χ2v) is 9.77. The van der Waals surface area contributed by atoms with E-state index in [9.17, 15) is 4.79 Å². The monoisotopic (exact) mass is 414 g/mol. The third-order valence-corrected chi connectivity index (χ3v) is 5.94. The molecule has 7 nitrogen and oxygen atoms in total. The fraction of sp³-hybridized carbons (Fsp3) is 0.565. The Hall–Kier alpha value is -2.38. The molecule has 0 amide bonds. The molecule has 0 unspecified atom stereocenters. The van der Waals surface area contributed by atoms with Crippen molar-refractivity contribution in [3.63, 3.8) is 0 Å². The lowest BCUT2D eigenvalue weighted by molar-refractivity contribution is -0.497. The van der Waals surface area contributed by atoms with Gasteiger partial charge in [-0.05, 0) is 57.9 Å². The fourth-order valence-electron chi connectivity index (χ4n) is 4.44. The zero-order valence-corrected chi connectivity index (χ0v) is 18.3. The highest BCUT2D eigenvalue weighted by molar-refractivity contribution is 6.28. The van der Waals surface area contributed by atoms with Crippen LogP contribution in [0.15, 0.2) is 17.9 Å². The van der Waals surface area contributed by atoms with Gasteiger partial charge in [0.2, 0.25) is 12.5 Å². The molecule has 4 aliphatic rings. The maximum Gasteiger partial charge on any atom is 0.316 e. The Morgan fingerprint density at radius 3 is 2.50 bits per heavy atom. The maximum atomic E-state index is 12.9. The quantitative estimate of drug-likeness (QED) is 0.520. The van der Waals surface area contributed by atoms with E-state index in [0.29, 0.717) is 11.5 Å². The Balaban J connectivity index is 1.73. The summed E-state index contributed by atoms with van der Waals surface area (Å²) in [5.41, 5.74) is 3.32. The van der Waals surface area contributed by atoms with E-state index in [-0.39, 0.29) is 18.9 Å². The summed E-state index contributed by atoms with van der Waals surface area (Å²) in [5, 5.41) is 0. The normalized spacial score (nSPS) is 26.3. The van der Waals surface area contributed by atoms with Crippen LogP contribution in [-0.2, 0) is 25.4 Å². The molecular formula is C23H28NO6+. The van der Waals surface area contributed by atoms with Gasteiger partial charge in [-0.3, -0.25) is 4.79 Å². The Kier molecular flexibility index (Phi) is 4.12. The molecule has 0 radical (unpaired) electrons. The number of carbonyl (C=O) groups excluding carboxylic acids is 1. The maximum absolute atomic E-state index is 12.9. The average Bonchev–Trinajstić information content (AvgIpc) is 3.27. The van der Waals surface area contributed by atoms with E-state index < -0.39 is 17.3 Å². The van der Waals surface area contributed by atoms with Crippen molar-refractivity contribution in [3.8, 4) is 11.5 Å². The van der Waals surface area contributed by atoms with Gasteiger partial charge >= 0.3 is 5.97 Å². The van der Waals surface area contributed by atoms with Crippen molar-refractivity contribution in [1.29, 1.82) is 0 Å². The summed E-state index contributed by atoms with van der Waals surface area (Å²) in [6.45, 7) is 10.3. The van der Waals surface area contributed by atoms with Gasteiger partial charge < -0.3 is 23.7 Å². The van der Waals surface area contributed by atoms with Crippen molar-refractivity contribution in [2.45, 2.75) is 59.0 Å². The Bertz CT molecular complexity index is 1010. The first-order valence-corrected chi connectivity index (χ1v) is 10.4. The number of hydrogen-bond acceptors (Lipinski definition) is 6. The molecule has 160 valence electrons. The first-order valence-electron chi connectivity index (χ1n) is 10.4. The summed E-state index contributed by atoms with van der Waals surface area (Å²) < 4.78 is 32.0. The van der Waals surface area contributed by atoms with Crippen LogP contribution in [-0.4, -0.2) is 54.6 Å². The second-order valence-electron chi connectivity index (χ2n) is 9.77. The van der Waals surface area contributed by atoms with Crippen LogP contribution in [0.1, 0.15) is 45.7 Å². The smallest absolute Gasteiger partial charge is 0.316 e. The number of esters is 1. The lowest BCUT2D eigenvalue weighted by Crippen LogP contribution is -2.33. The highest BCUT2D eigenvalue weighted by atomic mass is 16.8. The largest absolute Gasteiger partial charge is 0.454 e. The molecule has 1 aromatic rings. The van der Waals surface area contributed by atoms with E-state index in [1.807, 2.05) is 53.8 Å². The lowest BCUT2D eigenvalue weighted by Gasteiger charge is -2.22. The third kappa shape index (κ3) is 2.94. The minimum Gasteiger partial charge on any atom is -0.454 e. The van der Waals surface area contributed by atoms with E-state index in [1.54, 1.807) is 0 Å². The van der Waals surface area contributed by atoms with Gasteiger partial charge in [-0.15, -0.1) is 0 Å². The standard InChI is InChI=1S/C23H28NO6/c1-22(2,3)21(25)28-18-16-13-10-15-14(26-11-27-15)9-12(13)7-8-24(6)17(16)19-20(18)30-23(4,5)29-19/h9-10,19-20H,7-8,11H2,1-6H3/q+1/t19-,20+/m0/s1. The molecule has 1 aliphatic carbocycles. The van der Waals surface area contributed by atoms with Crippen molar-refractivity contribution >= 4 is 17.3 Å². The van der Waals surface area contributed by atoms with Gasteiger partial charge in [0.15, 0.2) is 35.3 Å². The second kappa shape index (κ2) is 6.31. The molecule has 0 N–H and O–H groups in total. The van der Waals surface area contributed by atoms with Gasteiger partial charge in [0.25, 0.3) is 0 Å². The van der Waals surface area contributed by atoms with Gasteiger partial charge in [-0.1, -0.05) is 0 Å². The molecule has 3 aliphatic heterocycles. The van der Waals surface area contributed by atoms with Crippen molar-refractivity contribution in [2.75, 3.05) is 20.4 Å². The van der Waals surface area contributed by atoms with Crippen LogP contribution in [0.5, 0.6) is 11.5 Å². The Labute approximate surface area is 176 Å². The van der Waals surface area contributed by atoms with E-state index in [2.05, 4.69) is 4.58 Å². The molecule has 0 aromatic heterocycles. The number of carbonyl (C=O) groups is 1. The first kappa shape index (κ1) is 19.6. The zero-order valence-electron chi connectivity index (χ0n) is 18.3. The Morgan fingerprint density at radius 1 is 1.13 bits per heavy atom. The lowest BCUT2D eigenvalue weighted by atomic mass is 9.95. The number of likely N-dealkylation sites (N-methyl/N-ethyl adjacent to an activating group) is 1. The van der Waals surface area contributed by atoms with Crippen molar-refractivity contribution < 1.29 is 33.1 Å². The van der Waals surface area contributed by atoms with Crippen LogP contribution in [0.3, 0.4) is 0 Å². The molecule has 30 heavy (non-hydrogen) atoms. The molecule has 1 aromatic carbocycles. The summed E-state index contributed by atoms with van der Waals surface area (Å²) in [5.74, 6) is 0.909. The number of ether oxygens (including phenoxy) is 5. The molecule has 5 rings (SSSR count). The zero-order chi connectivity index (χ0) is 21.4. The number of rotatable bonds is 1. The van der Waals surface area contributed by atoms with Crippen molar-refractivity contribution in [2.24, 2.45) is 5.41 Å². The van der Waals surface area contributed by atoms with Crippen LogP contribution < -0.4 is 9.47 Å². The number of nitrogens with zero attached hydrogens (tertiary/aromatic N) is 1. The highest BCUT2D eigenvalue weighted by Gasteiger charge is 2.58. The Morgan fingerprint density at radius 2 is 1.80 bits per heavy atom. The van der Waals surface area contributed by atoms with Gasteiger partial charge in [0, 0.05) is 6.42 Å². The fourth-order valence-corrected chi connectivity index (χ4v) is 4.44. The van der Waals surface area contributed by atoms with E-state index in [4.69, 9.17) is 23.7 Å². The average molecular weight is 414 g/mol. The molecule has 0 bridgehead atoms. The van der Waals surface area contributed by atoms with Crippen LogP contribution in [0.2, 0.25) is 0 Å². The summed E-state index contributed by atoms with van der Waals surface area (Å²) in [7, 11) is 2.04. The minimum atomic E-state index is -0.766. The molecule has 3 heterocycles. The first-order chi connectivity index (χ1) is 14.0. The minimum absolute atomic E-state index is 0.214. The summed E-state index contributed by atoms with van der Waals surface area (Å²) >= 11 is 0. The number of benzene rings is 1. The molecule has 1 saturated heterocycles. The molecule has 7 heteroatoms.